The summed E-state index contributed by atoms with van der Waals surface area (Å²) < 4.78 is 26.9. The molecule has 2 aliphatic rings. The molecule has 2 aromatic heterocycles. The highest BCUT2D eigenvalue weighted by atomic mass is 16.5. The van der Waals surface area contributed by atoms with Crippen LogP contribution in [0, 0.1) is 23.7 Å². The average molecular weight is 965 g/mol. The van der Waals surface area contributed by atoms with E-state index in [-0.39, 0.29) is 74.2 Å². The molecule has 0 aliphatic carbocycles. The molecule has 4 amide bonds. The van der Waals surface area contributed by atoms with E-state index in [1.807, 2.05) is 60.7 Å². The van der Waals surface area contributed by atoms with Crippen LogP contribution in [0.15, 0.2) is 60.7 Å². The first-order valence-electron chi connectivity index (χ1n) is 23.6. The number of benzene rings is 2. The summed E-state index contributed by atoms with van der Waals surface area (Å²) in [5, 5.41) is 35.5. The number of aromatic nitrogens is 8. The van der Waals surface area contributed by atoms with Crippen LogP contribution in [-0.2, 0) is 55.0 Å². The van der Waals surface area contributed by atoms with Gasteiger partial charge in [-0.25, -0.2) is 0 Å². The smallest absolute Gasteiger partial charge is 0.335 e. The van der Waals surface area contributed by atoms with Crippen LogP contribution in [0.2, 0.25) is 0 Å². The molecule has 6 unspecified atom stereocenters. The van der Waals surface area contributed by atoms with Gasteiger partial charge >= 0.3 is 12.0 Å². The van der Waals surface area contributed by atoms with Gasteiger partial charge in [-0.2, -0.15) is 9.36 Å². The zero-order valence-corrected chi connectivity index (χ0v) is 40.6. The van der Waals surface area contributed by atoms with Crippen molar-refractivity contribution in [3.63, 3.8) is 0 Å². The normalized spacial score (nSPS) is 18.0. The third-order valence-corrected chi connectivity index (χ3v) is 12.3. The Labute approximate surface area is 408 Å². The monoisotopic (exact) mass is 965 g/mol. The van der Waals surface area contributed by atoms with Crippen molar-refractivity contribution in [2.24, 2.45) is 0 Å². The Kier molecular flexibility index (Phi) is 20.0. The fourth-order valence-electron chi connectivity index (χ4n) is 7.94. The summed E-state index contributed by atoms with van der Waals surface area (Å²) in [6, 6.07) is 16.1. The molecule has 2 fully saturated rings. The van der Waals surface area contributed by atoms with E-state index in [1.165, 1.54) is 0 Å². The van der Waals surface area contributed by atoms with E-state index < -0.39 is 36.4 Å². The summed E-state index contributed by atoms with van der Waals surface area (Å²) in [5.41, 5.74) is 1.92. The summed E-state index contributed by atoms with van der Waals surface area (Å²) >= 11 is 0. The number of nitrogens with one attached hydrogen (secondary N) is 4. The topological polar surface area (TPSA) is 247 Å². The van der Waals surface area contributed by atoms with Gasteiger partial charge in [0.05, 0.1) is 49.5 Å². The van der Waals surface area contributed by atoms with Crippen molar-refractivity contribution in [3.8, 4) is 35.7 Å². The second kappa shape index (κ2) is 26.7. The number of carbonyl (C=O) groups excluding carboxylic acids is 4. The van der Waals surface area contributed by atoms with Crippen molar-refractivity contribution in [1.82, 2.24) is 71.5 Å². The number of likely N-dealkylation sites (N-methyl/N-ethyl adjacent to an activating group) is 2. The van der Waals surface area contributed by atoms with Gasteiger partial charge < -0.3 is 50.0 Å². The maximum absolute atomic E-state index is 14.2. The largest absolute Gasteiger partial charge is 0.458 e. The molecule has 70 heavy (non-hydrogen) atoms. The second-order valence-corrected chi connectivity index (χ2v) is 17.1. The van der Waals surface area contributed by atoms with E-state index in [9.17, 15) is 19.2 Å². The molecule has 4 N–H and O–H groups in total. The molecule has 22 heteroatoms. The van der Waals surface area contributed by atoms with Gasteiger partial charge in [0.1, 0.15) is 38.5 Å². The van der Waals surface area contributed by atoms with Gasteiger partial charge in [-0.1, -0.05) is 82.7 Å². The van der Waals surface area contributed by atoms with Crippen LogP contribution in [0.25, 0.3) is 0 Å². The standard InChI is InChI=1S/C48H64N14O8/c1-33(49-5)43(63)51-41(45(65)59-25-17-23-39(59)29-61-47(53-55-57-61)69-31-37-19-11-9-12-20-37)35(3)67-27-15-7-8-16-28-68-36(4)42(52-44(64)34(2)50-6)46(66)60-26-18-24-40(60)30-62-48(54-56-58-62)70-32-38-21-13-10-14-22-38/h9-14,19-22,33-36,39-42,49-50H,17-18,23-32H2,1-6H3,(H,51,63)(H,52,64)/t33?,34?,35?,36?,39-,40-,41?,42?/m0/s1. The Morgan fingerprint density at radius 3 is 1.41 bits per heavy atom. The zero-order valence-electron chi connectivity index (χ0n) is 40.6. The summed E-state index contributed by atoms with van der Waals surface area (Å²) in [7, 11) is 3.32. The lowest BCUT2D eigenvalue weighted by Gasteiger charge is -2.32. The van der Waals surface area contributed by atoms with Crippen LogP contribution in [-0.4, -0.2) is 163 Å². The summed E-state index contributed by atoms with van der Waals surface area (Å²) in [6.45, 7) is 8.77. The predicted molar refractivity (Wildman–Crippen MR) is 254 cm³/mol. The number of hydrogen-bond acceptors (Lipinski definition) is 16. The molecule has 2 aromatic carbocycles. The van der Waals surface area contributed by atoms with Crippen molar-refractivity contribution >= 4 is 23.6 Å². The number of rotatable bonds is 24. The molecular formula is C48H64N14O8. The predicted octanol–water partition coefficient (Wildman–Crippen LogP) is 0.502. The number of amides is 4. The van der Waals surface area contributed by atoms with Gasteiger partial charge in [0, 0.05) is 13.1 Å². The van der Waals surface area contributed by atoms with E-state index in [2.05, 4.69) is 76.0 Å². The Bertz CT molecular complexity index is 2270. The lowest BCUT2D eigenvalue weighted by molar-refractivity contribution is -0.142. The third-order valence-electron chi connectivity index (χ3n) is 12.3. The molecule has 6 rings (SSSR count). The zero-order chi connectivity index (χ0) is 49.8. The maximum atomic E-state index is 14.2. The molecule has 0 spiro atoms. The van der Waals surface area contributed by atoms with Gasteiger partial charge in [-0.15, -0.1) is 0 Å². The fraction of sp³-hybridized carbons (Fsp3) is 0.542. The lowest BCUT2D eigenvalue weighted by Crippen LogP contribution is -2.58. The molecule has 0 radical (unpaired) electrons. The molecular weight excluding hydrogens is 901 g/mol. The minimum absolute atomic E-state index is 0.0843. The molecule has 0 bridgehead atoms. The minimum Gasteiger partial charge on any atom is -0.458 e. The Hall–Kier alpha value is -6.98. The van der Waals surface area contributed by atoms with E-state index in [0.29, 0.717) is 39.0 Å². The summed E-state index contributed by atoms with van der Waals surface area (Å²) in [5.74, 6) is 9.85. The first-order chi connectivity index (χ1) is 34.0. The van der Waals surface area contributed by atoms with E-state index in [0.717, 1.165) is 24.0 Å². The Morgan fingerprint density at radius 1 is 0.629 bits per heavy atom. The molecule has 374 valence electrons. The van der Waals surface area contributed by atoms with Crippen LogP contribution in [0.3, 0.4) is 0 Å². The number of hydrogen-bond donors (Lipinski definition) is 4. The Morgan fingerprint density at radius 2 is 1.03 bits per heavy atom. The van der Waals surface area contributed by atoms with Crippen molar-refractivity contribution < 1.29 is 38.1 Å². The molecule has 2 saturated heterocycles. The van der Waals surface area contributed by atoms with Crippen LogP contribution < -0.4 is 30.7 Å². The van der Waals surface area contributed by atoms with E-state index >= 15 is 0 Å². The van der Waals surface area contributed by atoms with Crippen LogP contribution in [0.1, 0.15) is 64.5 Å². The average Bonchev–Trinajstić information content (AvgIpc) is 4.23. The van der Waals surface area contributed by atoms with E-state index in [4.69, 9.17) is 18.9 Å². The van der Waals surface area contributed by atoms with Crippen LogP contribution >= 0.6 is 0 Å². The van der Waals surface area contributed by atoms with Gasteiger partial charge in [-0.3, -0.25) is 19.2 Å². The first kappa shape index (κ1) is 52.4. The van der Waals surface area contributed by atoms with Crippen molar-refractivity contribution in [2.75, 3.05) is 40.4 Å². The van der Waals surface area contributed by atoms with Gasteiger partial charge in [0.25, 0.3) is 0 Å². The second-order valence-electron chi connectivity index (χ2n) is 17.1. The van der Waals surface area contributed by atoms with Crippen molar-refractivity contribution in [2.45, 2.75) is 128 Å². The van der Waals surface area contributed by atoms with Crippen molar-refractivity contribution in [1.29, 1.82) is 0 Å². The molecule has 2 aliphatic heterocycles. The van der Waals surface area contributed by atoms with E-state index in [1.54, 1.807) is 61.0 Å². The number of tetrazole rings is 2. The summed E-state index contributed by atoms with van der Waals surface area (Å²) in [6.07, 6.45) is 1.39. The lowest BCUT2D eigenvalue weighted by atomic mass is 10.1. The third kappa shape index (κ3) is 14.8. The number of carbonyl (C=O) groups is 4. The molecule has 4 aromatic rings. The quantitative estimate of drug-likeness (QED) is 0.0699. The summed E-state index contributed by atoms with van der Waals surface area (Å²) in [4.78, 5) is 58.2. The highest BCUT2D eigenvalue weighted by molar-refractivity contribution is 5.91. The van der Waals surface area contributed by atoms with Gasteiger partial charge in [-0.05, 0) is 111 Å². The van der Waals surface area contributed by atoms with Crippen molar-refractivity contribution in [3.05, 3.63) is 71.8 Å². The molecule has 4 heterocycles. The fourth-order valence-corrected chi connectivity index (χ4v) is 7.94. The van der Waals surface area contributed by atoms with Gasteiger partial charge in [0.15, 0.2) is 0 Å². The van der Waals surface area contributed by atoms with Crippen LogP contribution in [0.4, 0.5) is 0 Å². The molecule has 22 nitrogen and oxygen atoms in total. The highest BCUT2D eigenvalue weighted by Crippen LogP contribution is 2.24. The van der Waals surface area contributed by atoms with Gasteiger partial charge in [0.2, 0.25) is 23.6 Å². The maximum Gasteiger partial charge on any atom is 0.335 e. The molecule has 8 atom stereocenters. The van der Waals surface area contributed by atoms with Crippen LogP contribution in [0.5, 0.6) is 12.0 Å². The minimum atomic E-state index is -1.02. The SMILES string of the molecule is CNC(C)C(=O)NC(C(=O)N1CCC[C@H]1Cn1nnnc1OCc1ccccc1)C(C)OCC#CC#CCOC(C)C(NC(=O)C(C)NC)C(=O)N1CCC[C@H]1Cn1nnnc1OCc1ccccc1. The number of likely N-dealkylation sites (tertiary alicyclic amines) is 2. The number of nitrogens with zero attached hydrogens (tertiary/aromatic N) is 10. The Balaban J connectivity index is 1.03. The highest BCUT2D eigenvalue weighted by Gasteiger charge is 2.40. The number of ether oxygens (including phenoxy) is 4. The molecule has 0 saturated carbocycles. The first-order valence-corrected chi connectivity index (χ1v) is 23.6.